The van der Waals surface area contributed by atoms with Crippen LogP contribution < -0.4 is 15.5 Å². The van der Waals surface area contributed by atoms with Gasteiger partial charge in [-0.15, -0.1) is 0 Å². The quantitative estimate of drug-likeness (QED) is 0.798. The molecule has 0 aromatic heterocycles. The molecule has 1 aliphatic heterocycles. The number of nitrogens with one attached hydrogen (secondary N) is 2. The van der Waals surface area contributed by atoms with E-state index in [-0.39, 0.29) is 11.8 Å². The average Bonchev–Trinajstić information content (AvgIpc) is 3.22. The number of anilines is 2. The molecule has 2 aromatic rings. The fraction of sp³-hybridized carbons (Fsp3) is 0.273. The molecule has 27 heavy (non-hydrogen) atoms. The Labute approximate surface area is 160 Å². The summed E-state index contributed by atoms with van der Waals surface area (Å²) in [4.78, 5) is 26.1. The van der Waals surface area contributed by atoms with Crippen LogP contribution in [0.25, 0.3) is 6.08 Å². The third kappa shape index (κ3) is 4.76. The summed E-state index contributed by atoms with van der Waals surface area (Å²) in [6.07, 6.45) is 5.72. The van der Waals surface area contributed by atoms with Gasteiger partial charge in [0.2, 0.25) is 5.91 Å². The average molecular weight is 363 g/mol. The monoisotopic (exact) mass is 363 g/mol. The third-order valence-electron chi connectivity index (χ3n) is 4.77. The first kappa shape index (κ1) is 18.7. The zero-order valence-corrected chi connectivity index (χ0v) is 15.8. The molecule has 1 fully saturated rings. The molecular weight excluding hydrogens is 338 g/mol. The fourth-order valence-electron chi connectivity index (χ4n) is 3.20. The Morgan fingerprint density at radius 1 is 1.04 bits per heavy atom. The van der Waals surface area contributed by atoms with Gasteiger partial charge in [0.05, 0.1) is 0 Å². The van der Waals surface area contributed by atoms with Crippen LogP contribution in [0.15, 0.2) is 48.5 Å². The van der Waals surface area contributed by atoms with Crippen LogP contribution in [0.5, 0.6) is 0 Å². The van der Waals surface area contributed by atoms with Gasteiger partial charge in [0.1, 0.15) is 0 Å². The number of nitrogens with zero attached hydrogens (tertiary/aromatic N) is 1. The minimum absolute atomic E-state index is 0.129. The van der Waals surface area contributed by atoms with Gasteiger partial charge in [-0.25, -0.2) is 0 Å². The molecular formula is C22H25N3O2. The molecule has 0 spiro atoms. The zero-order valence-electron chi connectivity index (χ0n) is 15.8. The Balaban J connectivity index is 1.61. The van der Waals surface area contributed by atoms with E-state index in [0.29, 0.717) is 5.56 Å². The van der Waals surface area contributed by atoms with Crippen LogP contribution in [0, 0.1) is 6.92 Å². The van der Waals surface area contributed by atoms with Crippen molar-refractivity contribution in [2.24, 2.45) is 0 Å². The van der Waals surface area contributed by atoms with Crippen LogP contribution in [0.1, 0.15) is 34.3 Å². The van der Waals surface area contributed by atoms with Gasteiger partial charge in [0.15, 0.2) is 0 Å². The number of hydrogen-bond donors (Lipinski definition) is 2. The van der Waals surface area contributed by atoms with E-state index < -0.39 is 0 Å². The van der Waals surface area contributed by atoms with Crippen LogP contribution in [0.2, 0.25) is 0 Å². The van der Waals surface area contributed by atoms with Crippen molar-refractivity contribution in [1.29, 1.82) is 0 Å². The van der Waals surface area contributed by atoms with Crippen molar-refractivity contribution in [3.63, 3.8) is 0 Å². The smallest absolute Gasteiger partial charge is 0.251 e. The SMILES string of the molecule is CNC(=O)c1ccc(/C=C/C(=O)Nc2ccc(N3CCCC3)cc2C)cc1. The summed E-state index contributed by atoms with van der Waals surface area (Å²) in [6, 6.07) is 13.2. The van der Waals surface area contributed by atoms with Gasteiger partial charge in [-0.05, 0) is 67.3 Å². The van der Waals surface area contributed by atoms with Crippen LogP contribution in [0.4, 0.5) is 11.4 Å². The summed E-state index contributed by atoms with van der Waals surface area (Å²) in [5, 5.41) is 5.51. The molecule has 2 N–H and O–H groups in total. The zero-order chi connectivity index (χ0) is 19.2. The van der Waals surface area contributed by atoms with Crippen molar-refractivity contribution in [2.45, 2.75) is 19.8 Å². The predicted molar refractivity (Wildman–Crippen MR) is 110 cm³/mol. The van der Waals surface area contributed by atoms with E-state index in [0.717, 1.165) is 29.9 Å². The summed E-state index contributed by atoms with van der Waals surface area (Å²) in [7, 11) is 1.60. The first-order chi connectivity index (χ1) is 13.1. The number of aryl methyl sites for hydroxylation is 1. The molecule has 2 aromatic carbocycles. The van der Waals surface area contributed by atoms with Gasteiger partial charge in [0, 0.05) is 43.2 Å². The molecule has 0 unspecified atom stereocenters. The summed E-state index contributed by atoms with van der Waals surface area (Å²) >= 11 is 0. The lowest BCUT2D eigenvalue weighted by atomic mass is 10.1. The summed E-state index contributed by atoms with van der Waals surface area (Å²) < 4.78 is 0. The van der Waals surface area contributed by atoms with Crippen LogP contribution in [-0.4, -0.2) is 32.0 Å². The molecule has 0 aliphatic carbocycles. The van der Waals surface area contributed by atoms with Crippen molar-refractivity contribution in [2.75, 3.05) is 30.4 Å². The van der Waals surface area contributed by atoms with E-state index in [1.807, 2.05) is 25.1 Å². The first-order valence-electron chi connectivity index (χ1n) is 9.23. The first-order valence-corrected chi connectivity index (χ1v) is 9.23. The van der Waals surface area contributed by atoms with Crippen molar-refractivity contribution in [1.82, 2.24) is 5.32 Å². The predicted octanol–water partition coefficient (Wildman–Crippen LogP) is 3.61. The van der Waals surface area contributed by atoms with E-state index >= 15 is 0 Å². The standard InChI is InChI=1S/C22H25N3O2/c1-16-15-19(25-13-3-4-14-25)10-11-20(16)24-21(26)12-7-17-5-8-18(9-6-17)22(27)23-2/h5-12,15H,3-4,13-14H2,1-2H3,(H,23,27)(H,24,26)/b12-7+. The molecule has 1 aliphatic rings. The lowest BCUT2D eigenvalue weighted by Crippen LogP contribution is -2.18. The van der Waals surface area contributed by atoms with E-state index in [4.69, 9.17) is 0 Å². The van der Waals surface area contributed by atoms with Gasteiger partial charge in [-0.1, -0.05) is 12.1 Å². The molecule has 5 heteroatoms. The van der Waals surface area contributed by atoms with E-state index in [2.05, 4.69) is 27.7 Å². The largest absolute Gasteiger partial charge is 0.372 e. The maximum Gasteiger partial charge on any atom is 0.251 e. The third-order valence-corrected chi connectivity index (χ3v) is 4.77. The van der Waals surface area contributed by atoms with Gasteiger partial charge in [0.25, 0.3) is 5.91 Å². The maximum absolute atomic E-state index is 12.2. The fourth-order valence-corrected chi connectivity index (χ4v) is 3.20. The molecule has 1 heterocycles. The highest BCUT2D eigenvalue weighted by Gasteiger charge is 2.13. The number of amides is 2. The number of carbonyl (C=O) groups excluding carboxylic acids is 2. The van der Waals surface area contributed by atoms with Crippen LogP contribution in [-0.2, 0) is 4.79 Å². The van der Waals surface area contributed by atoms with Crippen LogP contribution in [0.3, 0.4) is 0 Å². The Kier molecular flexibility index (Phi) is 5.91. The molecule has 1 saturated heterocycles. The normalized spacial score (nSPS) is 13.8. The molecule has 0 bridgehead atoms. The highest BCUT2D eigenvalue weighted by molar-refractivity contribution is 6.02. The molecule has 0 saturated carbocycles. The molecule has 140 valence electrons. The van der Waals surface area contributed by atoms with Gasteiger partial charge < -0.3 is 15.5 Å². The van der Waals surface area contributed by atoms with E-state index in [1.54, 1.807) is 25.3 Å². The molecule has 0 radical (unpaired) electrons. The Hall–Kier alpha value is -3.08. The molecule has 5 nitrogen and oxygen atoms in total. The maximum atomic E-state index is 12.2. The minimum Gasteiger partial charge on any atom is -0.372 e. The highest BCUT2D eigenvalue weighted by atomic mass is 16.2. The van der Waals surface area contributed by atoms with E-state index in [9.17, 15) is 9.59 Å². The molecule has 0 atom stereocenters. The van der Waals surface area contributed by atoms with Crippen molar-refractivity contribution in [3.8, 4) is 0 Å². The van der Waals surface area contributed by atoms with Gasteiger partial charge in [-0.2, -0.15) is 0 Å². The van der Waals surface area contributed by atoms with Crippen molar-refractivity contribution in [3.05, 3.63) is 65.2 Å². The Morgan fingerprint density at radius 3 is 2.37 bits per heavy atom. The summed E-state index contributed by atoms with van der Waals surface area (Å²) in [6.45, 7) is 4.22. The van der Waals surface area contributed by atoms with Crippen LogP contribution >= 0.6 is 0 Å². The Bertz CT molecular complexity index is 850. The van der Waals surface area contributed by atoms with Gasteiger partial charge in [-0.3, -0.25) is 9.59 Å². The number of hydrogen-bond acceptors (Lipinski definition) is 3. The van der Waals surface area contributed by atoms with E-state index in [1.165, 1.54) is 24.6 Å². The minimum atomic E-state index is -0.178. The second-order valence-electron chi connectivity index (χ2n) is 6.72. The lowest BCUT2D eigenvalue weighted by molar-refractivity contribution is -0.111. The molecule has 2 amide bonds. The number of benzene rings is 2. The summed E-state index contributed by atoms with van der Waals surface area (Å²) in [5.41, 5.74) is 4.54. The molecule has 3 rings (SSSR count). The summed E-state index contributed by atoms with van der Waals surface area (Å²) in [5.74, 6) is -0.307. The Morgan fingerprint density at radius 2 is 1.74 bits per heavy atom. The topological polar surface area (TPSA) is 61.4 Å². The second-order valence-corrected chi connectivity index (χ2v) is 6.72. The lowest BCUT2D eigenvalue weighted by Gasteiger charge is -2.19. The van der Waals surface area contributed by atoms with Crippen molar-refractivity contribution >= 4 is 29.3 Å². The number of rotatable bonds is 5. The number of carbonyl (C=O) groups is 2. The highest BCUT2D eigenvalue weighted by Crippen LogP contribution is 2.25. The van der Waals surface area contributed by atoms with Crippen molar-refractivity contribution < 1.29 is 9.59 Å². The second kappa shape index (κ2) is 8.54. The van der Waals surface area contributed by atoms with Gasteiger partial charge >= 0.3 is 0 Å².